The van der Waals surface area contributed by atoms with Crippen LogP contribution in [-0.4, -0.2) is 26.2 Å². The molecule has 0 aliphatic carbocycles. The molecule has 3 aromatic rings. The number of aromatic nitrogens is 3. The Morgan fingerprint density at radius 2 is 2.08 bits per heavy atom. The SMILES string of the molecule is Cc1ccnc(-n2c(SCCC(N)=O)nc3ccccc3c2=O)c1. The minimum Gasteiger partial charge on any atom is -0.370 e. The maximum Gasteiger partial charge on any atom is 0.267 e. The van der Waals surface area contributed by atoms with Crippen molar-refractivity contribution in [1.82, 2.24) is 14.5 Å². The van der Waals surface area contributed by atoms with E-state index in [1.54, 1.807) is 24.4 Å². The Labute approximate surface area is 142 Å². The van der Waals surface area contributed by atoms with E-state index in [0.29, 0.717) is 27.6 Å². The summed E-state index contributed by atoms with van der Waals surface area (Å²) in [6.07, 6.45) is 1.87. The van der Waals surface area contributed by atoms with Crippen molar-refractivity contribution >= 4 is 28.6 Å². The van der Waals surface area contributed by atoms with Crippen molar-refractivity contribution in [3.05, 3.63) is 58.5 Å². The fourth-order valence-electron chi connectivity index (χ4n) is 2.30. The summed E-state index contributed by atoms with van der Waals surface area (Å²) in [5.74, 6) is 0.581. The molecule has 0 spiro atoms. The molecule has 6 nitrogen and oxygen atoms in total. The van der Waals surface area contributed by atoms with Crippen LogP contribution in [0.4, 0.5) is 0 Å². The van der Waals surface area contributed by atoms with Crippen LogP contribution in [0.15, 0.2) is 52.5 Å². The molecule has 0 saturated heterocycles. The first-order chi connectivity index (χ1) is 11.6. The van der Waals surface area contributed by atoms with Gasteiger partial charge in [-0.05, 0) is 36.8 Å². The van der Waals surface area contributed by atoms with Gasteiger partial charge in [-0.15, -0.1) is 0 Å². The normalized spacial score (nSPS) is 10.9. The number of nitrogens with zero attached hydrogens (tertiary/aromatic N) is 3. The van der Waals surface area contributed by atoms with Crippen LogP contribution >= 0.6 is 11.8 Å². The minimum atomic E-state index is -0.383. The van der Waals surface area contributed by atoms with Gasteiger partial charge in [0.15, 0.2) is 5.16 Å². The fraction of sp³-hybridized carbons (Fsp3) is 0.176. The lowest BCUT2D eigenvalue weighted by atomic mass is 10.2. The van der Waals surface area contributed by atoms with E-state index in [1.165, 1.54) is 16.3 Å². The third-order valence-corrected chi connectivity index (χ3v) is 4.39. The number of carbonyl (C=O) groups excluding carboxylic acids is 1. The molecule has 2 N–H and O–H groups in total. The van der Waals surface area contributed by atoms with Crippen molar-refractivity contribution in [2.24, 2.45) is 5.73 Å². The molecule has 1 amide bonds. The van der Waals surface area contributed by atoms with E-state index in [1.807, 2.05) is 25.1 Å². The molecule has 24 heavy (non-hydrogen) atoms. The Morgan fingerprint density at radius 1 is 1.29 bits per heavy atom. The highest BCUT2D eigenvalue weighted by atomic mass is 32.2. The largest absolute Gasteiger partial charge is 0.370 e. The van der Waals surface area contributed by atoms with Gasteiger partial charge in [0.05, 0.1) is 10.9 Å². The van der Waals surface area contributed by atoms with E-state index in [2.05, 4.69) is 9.97 Å². The number of primary amides is 1. The van der Waals surface area contributed by atoms with Gasteiger partial charge in [-0.25, -0.2) is 14.5 Å². The van der Waals surface area contributed by atoms with Gasteiger partial charge in [-0.1, -0.05) is 23.9 Å². The molecule has 0 fully saturated rings. The molecule has 2 aromatic heterocycles. The van der Waals surface area contributed by atoms with Crippen molar-refractivity contribution in [3.63, 3.8) is 0 Å². The number of rotatable bonds is 5. The number of amides is 1. The maximum absolute atomic E-state index is 12.9. The van der Waals surface area contributed by atoms with Crippen LogP contribution in [0, 0.1) is 6.92 Å². The molecule has 0 aliphatic rings. The van der Waals surface area contributed by atoms with Crippen LogP contribution in [0.5, 0.6) is 0 Å². The van der Waals surface area contributed by atoms with E-state index >= 15 is 0 Å². The van der Waals surface area contributed by atoms with Gasteiger partial charge < -0.3 is 5.73 Å². The molecule has 0 aliphatic heterocycles. The topological polar surface area (TPSA) is 90.9 Å². The molecule has 0 unspecified atom stereocenters. The maximum atomic E-state index is 12.9. The zero-order valence-corrected chi connectivity index (χ0v) is 13.9. The third-order valence-electron chi connectivity index (χ3n) is 3.45. The predicted octanol–water partition coefficient (Wildman–Crippen LogP) is 2.06. The number of hydrogen-bond donors (Lipinski definition) is 1. The molecule has 1 aromatic carbocycles. The number of fused-ring (bicyclic) bond motifs is 1. The highest BCUT2D eigenvalue weighted by Gasteiger charge is 2.14. The van der Waals surface area contributed by atoms with Gasteiger partial charge in [-0.2, -0.15) is 0 Å². The summed E-state index contributed by atoms with van der Waals surface area (Å²) in [6, 6.07) is 10.9. The summed E-state index contributed by atoms with van der Waals surface area (Å²) in [4.78, 5) is 32.8. The van der Waals surface area contributed by atoms with E-state index in [4.69, 9.17) is 5.73 Å². The highest BCUT2D eigenvalue weighted by Crippen LogP contribution is 2.21. The Morgan fingerprint density at radius 3 is 2.83 bits per heavy atom. The van der Waals surface area contributed by atoms with Crippen molar-refractivity contribution in [3.8, 4) is 5.82 Å². The molecule has 3 rings (SSSR count). The van der Waals surface area contributed by atoms with Gasteiger partial charge >= 0.3 is 0 Å². The fourth-order valence-corrected chi connectivity index (χ4v) is 3.25. The van der Waals surface area contributed by atoms with Gasteiger partial charge in [-0.3, -0.25) is 9.59 Å². The third kappa shape index (κ3) is 3.30. The lowest BCUT2D eigenvalue weighted by molar-refractivity contribution is -0.117. The molecule has 0 bridgehead atoms. The number of thioether (sulfide) groups is 1. The summed E-state index contributed by atoms with van der Waals surface area (Å²) in [7, 11) is 0. The average molecular weight is 340 g/mol. The van der Waals surface area contributed by atoms with Gasteiger partial charge in [0.25, 0.3) is 5.56 Å². The quantitative estimate of drug-likeness (QED) is 0.567. The number of hydrogen-bond acceptors (Lipinski definition) is 5. The van der Waals surface area contributed by atoms with Crippen LogP contribution in [0.1, 0.15) is 12.0 Å². The summed E-state index contributed by atoms with van der Waals surface area (Å²) in [6.45, 7) is 1.94. The van der Waals surface area contributed by atoms with E-state index in [0.717, 1.165) is 5.56 Å². The van der Waals surface area contributed by atoms with Crippen molar-refractivity contribution in [2.45, 2.75) is 18.5 Å². The summed E-state index contributed by atoms with van der Waals surface area (Å²) in [5.41, 5.74) is 6.62. The van der Waals surface area contributed by atoms with Crippen LogP contribution in [0.25, 0.3) is 16.7 Å². The molecule has 7 heteroatoms. The van der Waals surface area contributed by atoms with E-state index < -0.39 is 0 Å². The predicted molar refractivity (Wildman–Crippen MR) is 94.4 cm³/mol. The number of aryl methyl sites for hydroxylation is 1. The number of para-hydroxylation sites is 1. The Bertz CT molecular complexity index is 968. The first-order valence-electron chi connectivity index (χ1n) is 7.42. The second-order valence-corrected chi connectivity index (χ2v) is 6.37. The smallest absolute Gasteiger partial charge is 0.267 e. The second-order valence-electron chi connectivity index (χ2n) is 5.31. The van der Waals surface area contributed by atoms with E-state index in [9.17, 15) is 9.59 Å². The lowest BCUT2D eigenvalue weighted by Crippen LogP contribution is -2.23. The molecule has 0 atom stereocenters. The molecule has 2 heterocycles. The first kappa shape index (κ1) is 16.2. The van der Waals surface area contributed by atoms with Crippen LogP contribution in [-0.2, 0) is 4.79 Å². The first-order valence-corrected chi connectivity index (χ1v) is 8.41. The Kier molecular flexibility index (Phi) is 4.61. The second kappa shape index (κ2) is 6.84. The van der Waals surface area contributed by atoms with Crippen LogP contribution in [0.3, 0.4) is 0 Å². The molecular weight excluding hydrogens is 324 g/mol. The van der Waals surface area contributed by atoms with Gasteiger partial charge in [0.2, 0.25) is 5.91 Å². The Hall–Kier alpha value is -2.67. The van der Waals surface area contributed by atoms with Crippen LogP contribution in [0.2, 0.25) is 0 Å². The zero-order chi connectivity index (χ0) is 17.1. The van der Waals surface area contributed by atoms with Crippen molar-refractivity contribution in [2.75, 3.05) is 5.75 Å². The molecular formula is C17H16N4O2S. The van der Waals surface area contributed by atoms with Crippen LogP contribution < -0.4 is 11.3 Å². The summed E-state index contributed by atoms with van der Waals surface area (Å²) < 4.78 is 1.49. The number of nitrogens with two attached hydrogens (primary N) is 1. The van der Waals surface area contributed by atoms with Crippen molar-refractivity contribution in [1.29, 1.82) is 0 Å². The highest BCUT2D eigenvalue weighted by molar-refractivity contribution is 7.99. The Balaban J connectivity index is 2.18. The van der Waals surface area contributed by atoms with Gasteiger partial charge in [0, 0.05) is 18.4 Å². The molecule has 0 saturated carbocycles. The number of carbonyl (C=O) groups is 1. The number of benzene rings is 1. The summed E-state index contributed by atoms with van der Waals surface area (Å²) in [5, 5.41) is 1.03. The zero-order valence-electron chi connectivity index (χ0n) is 13.1. The average Bonchev–Trinajstić information content (AvgIpc) is 2.55. The number of pyridine rings is 1. The molecule has 122 valence electrons. The van der Waals surface area contributed by atoms with Crippen molar-refractivity contribution < 1.29 is 4.79 Å². The minimum absolute atomic E-state index is 0.180. The monoisotopic (exact) mass is 340 g/mol. The summed E-state index contributed by atoms with van der Waals surface area (Å²) >= 11 is 1.32. The van der Waals surface area contributed by atoms with E-state index in [-0.39, 0.29) is 17.9 Å². The lowest BCUT2D eigenvalue weighted by Gasteiger charge is -2.12. The standard InChI is InChI=1S/C17H16N4O2S/c1-11-6-8-19-15(10-11)21-16(23)12-4-2-3-5-13(12)20-17(21)24-9-7-14(18)22/h2-6,8,10H,7,9H2,1H3,(H2,18,22). The van der Waals surface area contributed by atoms with Gasteiger partial charge in [0.1, 0.15) is 5.82 Å². The molecule has 0 radical (unpaired) electrons.